The first-order valence-corrected chi connectivity index (χ1v) is 7.15. The van der Waals surface area contributed by atoms with Gasteiger partial charge in [-0.3, -0.25) is 0 Å². The van der Waals surface area contributed by atoms with Crippen LogP contribution in [0.15, 0.2) is 22.7 Å². The van der Waals surface area contributed by atoms with Gasteiger partial charge in [0.25, 0.3) is 0 Å². The minimum atomic E-state index is -0.188. The van der Waals surface area contributed by atoms with Gasteiger partial charge in [-0.1, -0.05) is 19.1 Å². The summed E-state index contributed by atoms with van der Waals surface area (Å²) in [5.41, 5.74) is 1.02. The fourth-order valence-electron chi connectivity index (χ4n) is 1.96. The SMILES string of the molecule is CCCNC(Cc1cccc(F)c1Br)CN(C)C. The lowest BCUT2D eigenvalue weighted by molar-refractivity contribution is 0.335. The molecule has 0 spiro atoms. The van der Waals surface area contributed by atoms with Gasteiger partial charge in [0, 0.05) is 12.6 Å². The molecule has 0 aromatic heterocycles. The summed E-state index contributed by atoms with van der Waals surface area (Å²) in [6.07, 6.45) is 1.94. The van der Waals surface area contributed by atoms with Crippen LogP contribution < -0.4 is 5.32 Å². The lowest BCUT2D eigenvalue weighted by Crippen LogP contribution is -2.40. The van der Waals surface area contributed by atoms with E-state index in [0.717, 1.165) is 31.5 Å². The van der Waals surface area contributed by atoms with Crippen LogP contribution in [0.2, 0.25) is 0 Å². The molecule has 1 N–H and O–H groups in total. The van der Waals surface area contributed by atoms with Crippen molar-refractivity contribution in [2.75, 3.05) is 27.2 Å². The van der Waals surface area contributed by atoms with Crippen LogP contribution in [0, 0.1) is 5.82 Å². The first-order valence-electron chi connectivity index (χ1n) is 6.35. The van der Waals surface area contributed by atoms with Gasteiger partial charge in [-0.25, -0.2) is 4.39 Å². The van der Waals surface area contributed by atoms with Crippen molar-refractivity contribution in [2.24, 2.45) is 0 Å². The van der Waals surface area contributed by atoms with Crippen molar-refractivity contribution < 1.29 is 4.39 Å². The van der Waals surface area contributed by atoms with Gasteiger partial charge < -0.3 is 10.2 Å². The minimum Gasteiger partial charge on any atom is -0.312 e. The molecule has 0 radical (unpaired) electrons. The average Bonchev–Trinajstić information content (AvgIpc) is 2.31. The van der Waals surface area contributed by atoms with Gasteiger partial charge >= 0.3 is 0 Å². The highest BCUT2D eigenvalue weighted by molar-refractivity contribution is 9.10. The maximum absolute atomic E-state index is 13.5. The fourth-order valence-corrected chi connectivity index (χ4v) is 2.39. The number of nitrogens with one attached hydrogen (secondary N) is 1. The average molecular weight is 317 g/mol. The number of benzene rings is 1. The predicted octanol–water partition coefficient (Wildman–Crippen LogP) is 3.06. The van der Waals surface area contributed by atoms with Crippen molar-refractivity contribution in [2.45, 2.75) is 25.8 Å². The van der Waals surface area contributed by atoms with E-state index in [1.807, 2.05) is 6.07 Å². The summed E-state index contributed by atoms with van der Waals surface area (Å²) < 4.78 is 14.1. The molecule has 0 saturated carbocycles. The third kappa shape index (κ3) is 5.04. The van der Waals surface area contributed by atoms with Gasteiger partial charge in [0.2, 0.25) is 0 Å². The lowest BCUT2D eigenvalue weighted by atomic mass is 10.1. The highest BCUT2D eigenvalue weighted by Gasteiger charge is 2.13. The Morgan fingerprint density at radius 3 is 2.72 bits per heavy atom. The zero-order valence-corrected chi connectivity index (χ0v) is 12.9. The van der Waals surface area contributed by atoms with Crippen LogP contribution in [0.3, 0.4) is 0 Å². The lowest BCUT2D eigenvalue weighted by Gasteiger charge is -2.23. The van der Waals surface area contributed by atoms with E-state index in [-0.39, 0.29) is 5.82 Å². The van der Waals surface area contributed by atoms with Gasteiger partial charge in [-0.05, 0) is 61.0 Å². The van der Waals surface area contributed by atoms with Crippen LogP contribution in [0.25, 0.3) is 0 Å². The maximum Gasteiger partial charge on any atom is 0.137 e. The molecule has 1 unspecified atom stereocenters. The first-order chi connectivity index (χ1) is 8.54. The summed E-state index contributed by atoms with van der Waals surface area (Å²) in [7, 11) is 4.11. The van der Waals surface area contributed by atoms with Crippen LogP contribution >= 0.6 is 15.9 Å². The van der Waals surface area contributed by atoms with Crippen LogP contribution in [0.5, 0.6) is 0 Å². The van der Waals surface area contributed by atoms with Crippen LogP contribution in [-0.2, 0) is 6.42 Å². The van der Waals surface area contributed by atoms with E-state index < -0.39 is 0 Å². The Morgan fingerprint density at radius 2 is 2.11 bits per heavy atom. The van der Waals surface area contributed by atoms with Gasteiger partial charge in [-0.15, -0.1) is 0 Å². The molecule has 18 heavy (non-hydrogen) atoms. The number of nitrogens with zero attached hydrogens (tertiary/aromatic N) is 1. The Morgan fingerprint density at radius 1 is 1.39 bits per heavy atom. The molecule has 2 nitrogen and oxygen atoms in total. The molecular formula is C14H22BrFN2. The van der Waals surface area contributed by atoms with Crippen LogP contribution in [-0.4, -0.2) is 38.1 Å². The zero-order valence-electron chi connectivity index (χ0n) is 11.3. The molecular weight excluding hydrogens is 295 g/mol. The second-order valence-electron chi connectivity index (χ2n) is 4.83. The van der Waals surface area contributed by atoms with Crippen LogP contribution in [0.1, 0.15) is 18.9 Å². The molecule has 0 bridgehead atoms. The smallest absolute Gasteiger partial charge is 0.137 e. The monoisotopic (exact) mass is 316 g/mol. The van der Waals surface area contributed by atoms with Crippen molar-refractivity contribution in [3.63, 3.8) is 0 Å². The molecule has 1 rings (SSSR count). The first kappa shape index (κ1) is 15.6. The molecule has 4 heteroatoms. The summed E-state index contributed by atoms with van der Waals surface area (Å²) in [6, 6.07) is 5.57. The van der Waals surface area contributed by atoms with E-state index >= 15 is 0 Å². The predicted molar refractivity (Wildman–Crippen MR) is 78.4 cm³/mol. The van der Waals surface area contributed by atoms with Crippen molar-refractivity contribution in [3.8, 4) is 0 Å². The zero-order chi connectivity index (χ0) is 13.5. The summed E-state index contributed by atoms with van der Waals surface area (Å²) in [6.45, 7) is 4.09. The molecule has 1 atom stereocenters. The van der Waals surface area contributed by atoms with Crippen molar-refractivity contribution in [3.05, 3.63) is 34.1 Å². The van der Waals surface area contributed by atoms with Gasteiger partial charge in [0.1, 0.15) is 5.82 Å². The van der Waals surface area contributed by atoms with E-state index in [9.17, 15) is 4.39 Å². The molecule has 0 fully saturated rings. The second kappa shape index (κ2) is 7.87. The molecule has 0 aliphatic rings. The standard InChI is InChI=1S/C14H22BrFN2/c1-4-8-17-12(10-18(2)3)9-11-6-5-7-13(16)14(11)15/h5-7,12,17H,4,8-10H2,1-3H3. The molecule has 0 aliphatic carbocycles. The van der Waals surface area contributed by atoms with E-state index in [2.05, 4.69) is 47.2 Å². The van der Waals surface area contributed by atoms with E-state index in [0.29, 0.717) is 10.5 Å². The number of hydrogen-bond acceptors (Lipinski definition) is 2. The van der Waals surface area contributed by atoms with Crippen molar-refractivity contribution in [1.82, 2.24) is 10.2 Å². The second-order valence-corrected chi connectivity index (χ2v) is 5.62. The number of halogens is 2. The van der Waals surface area contributed by atoms with Gasteiger partial charge in [-0.2, -0.15) is 0 Å². The molecule has 1 aromatic carbocycles. The van der Waals surface area contributed by atoms with E-state index in [4.69, 9.17) is 0 Å². The quantitative estimate of drug-likeness (QED) is 0.831. The Hall–Kier alpha value is -0.450. The molecule has 1 aromatic rings. The highest BCUT2D eigenvalue weighted by Crippen LogP contribution is 2.21. The number of hydrogen-bond donors (Lipinski definition) is 1. The Kier molecular flexibility index (Phi) is 6.82. The van der Waals surface area contributed by atoms with Crippen LogP contribution in [0.4, 0.5) is 4.39 Å². The van der Waals surface area contributed by atoms with E-state index in [1.165, 1.54) is 6.07 Å². The minimum absolute atomic E-state index is 0.188. The third-order valence-electron chi connectivity index (χ3n) is 2.77. The summed E-state index contributed by atoms with van der Waals surface area (Å²) in [5.74, 6) is -0.188. The molecule has 102 valence electrons. The Balaban J connectivity index is 2.72. The fraction of sp³-hybridized carbons (Fsp3) is 0.571. The molecule has 0 amide bonds. The molecule has 0 saturated heterocycles. The largest absolute Gasteiger partial charge is 0.312 e. The summed E-state index contributed by atoms with van der Waals surface area (Å²) in [4.78, 5) is 2.15. The van der Waals surface area contributed by atoms with Crippen molar-refractivity contribution >= 4 is 15.9 Å². The molecule has 0 aliphatic heterocycles. The highest BCUT2D eigenvalue weighted by atomic mass is 79.9. The summed E-state index contributed by atoms with van der Waals surface area (Å²) >= 11 is 3.33. The number of likely N-dealkylation sites (N-methyl/N-ethyl adjacent to an activating group) is 1. The van der Waals surface area contributed by atoms with Gasteiger partial charge in [0.05, 0.1) is 4.47 Å². The topological polar surface area (TPSA) is 15.3 Å². The Labute approximate surface area is 118 Å². The normalized spacial score (nSPS) is 13.0. The number of rotatable bonds is 7. The van der Waals surface area contributed by atoms with Gasteiger partial charge in [0.15, 0.2) is 0 Å². The van der Waals surface area contributed by atoms with Crippen molar-refractivity contribution in [1.29, 1.82) is 0 Å². The maximum atomic E-state index is 13.5. The Bertz CT molecular complexity index is 369. The van der Waals surface area contributed by atoms with E-state index in [1.54, 1.807) is 6.07 Å². The molecule has 0 heterocycles. The summed E-state index contributed by atoms with van der Waals surface area (Å²) in [5, 5.41) is 3.51. The third-order valence-corrected chi connectivity index (χ3v) is 3.65.